The van der Waals surface area contributed by atoms with Crippen LogP contribution in [0.2, 0.25) is 0 Å². The van der Waals surface area contributed by atoms with E-state index in [1.54, 1.807) is 25.6 Å². The molecule has 1 aromatic carbocycles. The molecule has 3 rings (SSSR count). The minimum atomic E-state index is 0.633. The highest BCUT2D eigenvalue weighted by Gasteiger charge is 2.25. The van der Waals surface area contributed by atoms with Gasteiger partial charge in [0.05, 0.1) is 14.2 Å². The number of benzene rings is 1. The number of nitrogens with zero attached hydrogens (tertiary/aromatic N) is 2. The van der Waals surface area contributed by atoms with Crippen LogP contribution >= 0.6 is 11.3 Å². The molecule has 2 aromatic rings. The van der Waals surface area contributed by atoms with Crippen LogP contribution in [0.25, 0.3) is 0 Å². The largest absolute Gasteiger partial charge is 0.497 e. The highest BCUT2D eigenvalue weighted by molar-refractivity contribution is 7.15. The first-order valence-electron chi connectivity index (χ1n) is 7.81. The summed E-state index contributed by atoms with van der Waals surface area (Å²) in [6, 6.07) is 6.01. The predicted molar refractivity (Wildman–Crippen MR) is 92.9 cm³/mol. The molecule has 0 saturated heterocycles. The third-order valence-corrected chi connectivity index (χ3v) is 4.86. The fourth-order valence-corrected chi connectivity index (χ4v) is 3.42. The number of thiazole rings is 1. The van der Waals surface area contributed by atoms with Crippen LogP contribution in [0.3, 0.4) is 0 Å². The molecule has 0 amide bonds. The van der Waals surface area contributed by atoms with Crippen molar-refractivity contribution in [3.8, 4) is 11.5 Å². The van der Waals surface area contributed by atoms with Gasteiger partial charge in [0.1, 0.15) is 11.5 Å². The smallest absolute Gasteiger partial charge is 0.180 e. The molecule has 1 aliphatic carbocycles. The SMILES string of the molecule is COc1ccc(CN(Cc2cnc(N)s2)CC2CC2)c(OC)c1. The number of hydrogen-bond donors (Lipinski definition) is 1. The third kappa shape index (κ3) is 4.36. The Kier molecular flexibility index (Phi) is 5.03. The van der Waals surface area contributed by atoms with Crippen LogP contribution in [0, 0.1) is 5.92 Å². The van der Waals surface area contributed by atoms with Crippen LogP contribution in [-0.4, -0.2) is 30.6 Å². The molecule has 0 atom stereocenters. The molecule has 2 N–H and O–H groups in total. The molecule has 0 radical (unpaired) electrons. The monoisotopic (exact) mass is 333 g/mol. The van der Waals surface area contributed by atoms with Gasteiger partial charge in [0.15, 0.2) is 5.13 Å². The first-order chi connectivity index (χ1) is 11.2. The second-order valence-electron chi connectivity index (χ2n) is 5.96. The molecule has 1 fully saturated rings. The van der Waals surface area contributed by atoms with E-state index >= 15 is 0 Å². The third-order valence-electron chi connectivity index (χ3n) is 4.05. The van der Waals surface area contributed by atoms with Crippen molar-refractivity contribution in [2.24, 2.45) is 5.92 Å². The van der Waals surface area contributed by atoms with E-state index in [-0.39, 0.29) is 0 Å². The lowest BCUT2D eigenvalue weighted by Gasteiger charge is -2.23. The van der Waals surface area contributed by atoms with Gasteiger partial charge in [-0.05, 0) is 24.8 Å². The normalized spacial score (nSPS) is 14.2. The van der Waals surface area contributed by atoms with Gasteiger partial charge in [-0.15, -0.1) is 11.3 Å². The fraction of sp³-hybridized carbons (Fsp3) is 0.471. The second-order valence-corrected chi connectivity index (χ2v) is 7.10. The molecule has 0 spiro atoms. The van der Waals surface area contributed by atoms with E-state index in [2.05, 4.69) is 16.0 Å². The van der Waals surface area contributed by atoms with Crippen LogP contribution in [0.5, 0.6) is 11.5 Å². The Labute approximate surface area is 141 Å². The molecule has 0 aliphatic heterocycles. The maximum Gasteiger partial charge on any atom is 0.180 e. The summed E-state index contributed by atoms with van der Waals surface area (Å²) in [5.74, 6) is 2.51. The number of ether oxygens (including phenoxy) is 2. The molecular formula is C17H23N3O2S. The zero-order valence-electron chi connectivity index (χ0n) is 13.6. The molecule has 1 aromatic heterocycles. The van der Waals surface area contributed by atoms with Gasteiger partial charge in [0.2, 0.25) is 0 Å². The van der Waals surface area contributed by atoms with Gasteiger partial charge in [-0.25, -0.2) is 4.98 Å². The molecule has 0 bridgehead atoms. The molecule has 5 nitrogen and oxygen atoms in total. The summed E-state index contributed by atoms with van der Waals surface area (Å²) in [5, 5.41) is 0.633. The zero-order valence-corrected chi connectivity index (χ0v) is 14.4. The Morgan fingerprint density at radius 3 is 2.70 bits per heavy atom. The molecule has 23 heavy (non-hydrogen) atoms. The average Bonchev–Trinajstić information content (AvgIpc) is 3.28. The quantitative estimate of drug-likeness (QED) is 0.804. The summed E-state index contributed by atoms with van der Waals surface area (Å²) in [4.78, 5) is 7.81. The Balaban J connectivity index is 1.74. The maximum absolute atomic E-state index is 5.75. The summed E-state index contributed by atoms with van der Waals surface area (Å²) in [6.07, 6.45) is 4.55. The van der Waals surface area contributed by atoms with Gasteiger partial charge in [0.25, 0.3) is 0 Å². The molecule has 0 unspecified atom stereocenters. The summed E-state index contributed by atoms with van der Waals surface area (Å²) in [7, 11) is 3.37. The van der Waals surface area contributed by atoms with E-state index in [1.165, 1.54) is 23.3 Å². The number of aromatic nitrogens is 1. The Morgan fingerprint density at radius 2 is 2.09 bits per heavy atom. The van der Waals surface area contributed by atoms with Crippen molar-refractivity contribution in [1.82, 2.24) is 9.88 Å². The minimum Gasteiger partial charge on any atom is -0.497 e. The summed E-state index contributed by atoms with van der Waals surface area (Å²) >= 11 is 1.56. The number of methoxy groups -OCH3 is 2. The topological polar surface area (TPSA) is 60.6 Å². The Morgan fingerprint density at radius 1 is 1.26 bits per heavy atom. The van der Waals surface area contributed by atoms with Crippen molar-refractivity contribution in [3.05, 3.63) is 34.8 Å². The van der Waals surface area contributed by atoms with Crippen LogP contribution in [0.15, 0.2) is 24.4 Å². The van der Waals surface area contributed by atoms with Crippen molar-refractivity contribution in [1.29, 1.82) is 0 Å². The molecular weight excluding hydrogens is 310 g/mol. The van der Waals surface area contributed by atoms with E-state index in [1.807, 2.05) is 18.3 Å². The van der Waals surface area contributed by atoms with Crippen LogP contribution < -0.4 is 15.2 Å². The number of rotatable bonds is 8. The van der Waals surface area contributed by atoms with Crippen molar-refractivity contribution in [2.45, 2.75) is 25.9 Å². The molecule has 1 aliphatic rings. The lowest BCUT2D eigenvalue weighted by atomic mass is 10.1. The first kappa shape index (κ1) is 16.1. The van der Waals surface area contributed by atoms with Gasteiger partial charge in [-0.2, -0.15) is 0 Å². The van der Waals surface area contributed by atoms with Gasteiger partial charge >= 0.3 is 0 Å². The van der Waals surface area contributed by atoms with Crippen molar-refractivity contribution >= 4 is 16.5 Å². The van der Waals surface area contributed by atoms with E-state index in [0.717, 1.165) is 37.1 Å². The average molecular weight is 333 g/mol. The van der Waals surface area contributed by atoms with Gasteiger partial charge in [-0.3, -0.25) is 4.90 Å². The van der Waals surface area contributed by atoms with E-state index in [9.17, 15) is 0 Å². The highest BCUT2D eigenvalue weighted by Crippen LogP contribution is 2.32. The van der Waals surface area contributed by atoms with Gasteiger partial charge in [0, 0.05) is 42.3 Å². The maximum atomic E-state index is 5.75. The lowest BCUT2D eigenvalue weighted by molar-refractivity contribution is 0.244. The molecule has 1 heterocycles. The molecule has 124 valence electrons. The van der Waals surface area contributed by atoms with Crippen molar-refractivity contribution in [3.63, 3.8) is 0 Å². The number of hydrogen-bond acceptors (Lipinski definition) is 6. The van der Waals surface area contributed by atoms with Crippen molar-refractivity contribution in [2.75, 3.05) is 26.5 Å². The van der Waals surface area contributed by atoms with Crippen LogP contribution in [-0.2, 0) is 13.1 Å². The fourth-order valence-electron chi connectivity index (χ4n) is 2.69. The van der Waals surface area contributed by atoms with Crippen LogP contribution in [0.1, 0.15) is 23.3 Å². The number of nitrogen functional groups attached to an aromatic ring is 1. The first-order valence-corrected chi connectivity index (χ1v) is 8.63. The van der Waals surface area contributed by atoms with Crippen LogP contribution in [0.4, 0.5) is 5.13 Å². The van der Waals surface area contributed by atoms with E-state index < -0.39 is 0 Å². The standard InChI is InChI=1S/C17H23N3O2S/c1-21-14-6-5-13(16(7-14)22-2)10-20(9-12-3-4-12)11-15-8-19-17(18)23-15/h5-8,12H,3-4,9-11H2,1-2H3,(H2,18,19). The summed E-state index contributed by atoms with van der Waals surface area (Å²) < 4.78 is 10.8. The number of anilines is 1. The van der Waals surface area contributed by atoms with E-state index in [0.29, 0.717) is 5.13 Å². The minimum absolute atomic E-state index is 0.633. The molecule has 6 heteroatoms. The highest BCUT2D eigenvalue weighted by atomic mass is 32.1. The van der Waals surface area contributed by atoms with Crippen molar-refractivity contribution < 1.29 is 9.47 Å². The van der Waals surface area contributed by atoms with Gasteiger partial charge < -0.3 is 15.2 Å². The predicted octanol–water partition coefficient (Wildman–Crippen LogP) is 3.15. The van der Waals surface area contributed by atoms with E-state index in [4.69, 9.17) is 15.2 Å². The summed E-state index contributed by atoms with van der Waals surface area (Å²) in [6.45, 7) is 2.83. The second kappa shape index (κ2) is 7.19. The Bertz CT molecular complexity index is 655. The molecule has 1 saturated carbocycles. The summed E-state index contributed by atoms with van der Waals surface area (Å²) in [5.41, 5.74) is 6.93. The zero-order chi connectivity index (χ0) is 16.2. The lowest BCUT2D eigenvalue weighted by Crippen LogP contribution is -2.25. The number of nitrogens with two attached hydrogens (primary N) is 1. The van der Waals surface area contributed by atoms with Gasteiger partial charge in [-0.1, -0.05) is 6.07 Å². The Hall–Kier alpha value is -1.79.